The van der Waals surface area contributed by atoms with E-state index in [2.05, 4.69) is 11.1 Å². The van der Waals surface area contributed by atoms with E-state index in [1.165, 1.54) is 6.92 Å². The third kappa shape index (κ3) is 143. The number of hydrogen-bond donors (Lipinski definition) is 3. The minimum absolute atomic E-state index is 0. The first-order valence-electron chi connectivity index (χ1n) is 2.02. The first-order chi connectivity index (χ1) is 3.68. The molecule has 0 aromatic rings. The Labute approximate surface area is 94.8 Å². The van der Waals surface area contributed by atoms with Crippen LogP contribution in [0.15, 0.2) is 0 Å². The molecule has 0 aliphatic rings. The Morgan fingerprint density at radius 1 is 1.55 bits per heavy atom. The zero-order valence-electron chi connectivity index (χ0n) is 7.35. The normalized spacial score (nSPS) is 4.18. The van der Waals surface area contributed by atoms with Gasteiger partial charge in [-0.2, -0.15) is 0 Å². The molecule has 0 bridgehead atoms. The Bertz CT molecular complexity index is 83.7. The zero-order chi connectivity index (χ0) is 6.99. The second kappa shape index (κ2) is 31.9. The van der Waals surface area contributed by atoms with E-state index in [0.29, 0.717) is 0 Å². The van der Waals surface area contributed by atoms with E-state index in [-0.39, 0.29) is 60.4 Å². The Balaban J connectivity index is -0.0000000183. The van der Waals surface area contributed by atoms with Crippen LogP contribution in [0.4, 0.5) is 0 Å². The van der Waals surface area contributed by atoms with Crippen molar-refractivity contribution in [1.29, 1.82) is 0 Å². The second-order valence-corrected chi connectivity index (χ2v) is 0.942. The molecule has 0 aliphatic heterocycles. The summed E-state index contributed by atoms with van der Waals surface area (Å²) in [5.74, 6) is 0.00463. The van der Waals surface area contributed by atoms with Crippen LogP contribution in [0.5, 0.6) is 0 Å². The summed E-state index contributed by atoms with van der Waals surface area (Å²) in [6.45, 7) is 1.47. The van der Waals surface area contributed by atoms with Crippen molar-refractivity contribution >= 4 is 41.9 Å². The van der Waals surface area contributed by atoms with Crippen LogP contribution in [0.2, 0.25) is 0 Å². The molecule has 7 heteroatoms. The van der Waals surface area contributed by atoms with Crippen molar-refractivity contribution in [2.45, 2.75) is 6.92 Å². The van der Waals surface area contributed by atoms with Crippen molar-refractivity contribution in [2.75, 3.05) is 7.05 Å². The fourth-order valence-corrected chi connectivity index (χ4v) is 0. The standard InChI is InChI=1S/C3H7NO.CH3NO.ClH.H3N.Na/c1-3(5)4-2;2-1-3;;;/h1-2H3,(H,4,5);1H,(H2,2,3);1H;1H3;. The van der Waals surface area contributed by atoms with Crippen molar-refractivity contribution in [1.82, 2.24) is 11.5 Å². The molecule has 0 unspecified atom stereocenters. The van der Waals surface area contributed by atoms with Crippen LogP contribution in [0, 0.1) is 0 Å². The molecule has 0 spiro atoms. The van der Waals surface area contributed by atoms with E-state index in [1.807, 2.05) is 0 Å². The van der Waals surface area contributed by atoms with Gasteiger partial charge in [0.05, 0.1) is 0 Å². The molecule has 0 saturated heterocycles. The number of nitrogens with two attached hydrogens (primary N) is 1. The smallest absolute Gasteiger partial charge is 0.216 e. The van der Waals surface area contributed by atoms with Gasteiger partial charge in [0.2, 0.25) is 12.3 Å². The summed E-state index contributed by atoms with van der Waals surface area (Å²) in [7, 11) is 1.60. The Hall–Kier alpha value is 0.190. The molecule has 7 N–H and O–H groups in total. The first-order valence-corrected chi connectivity index (χ1v) is 2.02. The molecule has 0 rings (SSSR count). The number of carbonyl (C=O) groups is 2. The van der Waals surface area contributed by atoms with E-state index in [1.54, 1.807) is 7.05 Å². The monoisotopic (exact) mass is 194 g/mol. The van der Waals surface area contributed by atoms with Crippen molar-refractivity contribution in [2.24, 2.45) is 5.73 Å². The average molecular weight is 195 g/mol. The topological polar surface area (TPSA) is 109 Å². The van der Waals surface area contributed by atoms with Crippen molar-refractivity contribution in [3.8, 4) is 0 Å². The maximum atomic E-state index is 9.70. The minimum atomic E-state index is 0. The molecule has 0 atom stereocenters. The minimum Gasteiger partial charge on any atom is -1.00 e. The number of hydrogen-bond acceptors (Lipinski definition) is 2. The summed E-state index contributed by atoms with van der Waals surface area (Å²) in [5, 5.41) is 2.39. The predicted molar refractivity (Wildman–Crippen MR) is 41.7 cm³/mol. The van der Waals surface area contributed by atoms with E-state index < -0.39 is 0 Å². The number of halogens is 1. The van der Waals surface area contributed by atoms with Gasteiger partial charge in [-0.05, 0) is 0 Å². The van der Waals surface area contributed by atoms with Gasteiger partial charge in [-0.25, -0.2) is 0 Å². The van der Waals surface area contributed by atoms with Crippen LogP contribution in [-0.2, 0) is 9.59 Å². The Morgan fingerprint density at radius 3 is 1.64 bits per heavy atom. The van der Waals surface area contributed by atoms with Gasteiger partial charge in [-0.15, -0.1) is 0 Å². The van der Waals surface area contributed by atoms with Gasteiger partial charge in [-0.1, -0.05) is 0 Å². The fraction of sp³-hybridized carbons (Fsp3) is 0.500. The maximum absolute atomic E-state index is 9.70. The Kier molecular flexibility index (Phi) is 88.1. The first kappa shape index (κ1) is 30.3. The van der Waals surface area contributed by atoms with Gasteiger partial charge in [-0.3, -0.25) is 9.59 Å². The van der Waals surface area contributed by atoms with Gasteiger partial charge in [0.25, 0.3) is 0 Å². The van der Waals surface area contributed by atoms with E-state index in [4.69, 9.17) is 4.79 Å². The fourth-order valence-electron chi connectivity index (χ4n) is 0. The third-order valence-corrected chi connectivity index (χ3v) is 0.352. The van der Waals surface area contributed by atoms with E-state index in [9.17, 15) is 4.79 Å². The number of rotatable bonds is 0. The number of amides is 2. The molecule has 0 saturated carbocycles. The summed E-state index contributed by atoms with van der Waals surface area (Å²) in [4.78, 5) is 18.3. The molecule has 11 heavy (non-hydrogen) atoms. The molecule has 0 aromatic heterocycles. The third-order valence-electron chi connectivity index (χ3n) is 0.352. The van der Waals surface area contributed by atoms with Crippen molar-refractivity contribution in [3.63, 3.8) is 0 Å². The van der Waals surface area contributed by atoms with Crippen LogP contribution in [0.3, 0.4) is 0 Å². The molecule has 0 heterocycles. The summed E-state index contributed by atoms with van der Waals surface area (Å²) >= 11 is 0. The summed E-state index contributed by atoms with van der Waals surface area (Å²) < 4.78 is 0. The number of primary amides is 1. The van der Waals surface area contributed by atoms with Crippen LogP contribution in [0.25, 0.3) is 0 Å². The molecule has 5 nitrogen and oxygen atoms in total. The summed E-state index contributed by atoms with van der Waals surface area (Å²) in [6, 6.07) is 0. The average Bonchev–Trinajstić information content (AvgIpc) is 1.69. The largest absolute Gasteiger partial charge is 1.00 e. The quantitative estimate of drug-likeness (QED) is 0.269. The van der Waals surface area contributed by atoms with Crippen LogP contribution >= 0.6 is 0 Å². The number of nitrogens with one attached hydrogen (secondary N) is 1. The Morgan fingerprint density at radius 2 is 1.64 bits per heavy atom. The molecule has 2 amide bonds. The SMILES string of the molecule is CNC(C)=O.NC=O.[Cl-].[NH4+].[Na]. The van der Waals surface area contributed by atoms with Gasteiger partial charge >= 0.3 is 0 Å². The van der Waals surface area contributed by atoms with Gasteiger partial charge in [0.15, 0.2) is 0 Å². The van der Waals surface area contributed by atoms with Gasteiger partial charge in [0.1, 0.15) is 0 Å². The summed E-state index contributed by atoms with van der Waals surface area (Å²) in [5.41, 5.74) is 4.17. The van der Waals surface area contributed by atoms with Gasteiger partial charge in [0, 0.05) is 43.5 Å². The van der Waals surface area contributed by atoms with Crippen LogP contribution in [-0.4, -0.2) is 48.9 Å². The maximum Gasteiger partial charge on any atom is 0.216 e. The molecular weight excluding hydrogens is 181 g/mol. The zero-order valence-corrected chi connectivity index (χ0v) is 10.1. The van der Waals surface area contributed by atoms with Crippen molar-refractivity contribution in [3.05, 3.63) is 0 Å². The summed E-state index contributed by atoms with van der Waals surface area (Å²) in [6.07, 6.45) is 0.250. The molecular formula is C4H14ClN3NaO2. The predicted octanol–water partition coefficient (Wildman–Crippen LogP) is -4.15. The van der Waals surface area contributed by atoms with Crippen LogP contribution < -0.4 is 29.6 Å². The molecule has 0 fully saturated rings. The number of quaternary nitrogens is 1. The molecule has 0 aliphatic carbocycles. The number of carbonyl (C=O) groups excluding carboxylic acids is 2. The van der Waals surface area contributed by atoms with Crippen molar-refractivity contribution < 1.29 is 22.0 Å². The molecule has 0 aromatic carbocycles. The van der Waals surface area contributed by atoms with E-state index >= 15 is 0 Å². The van der Waals surface area contributed by atoms with Gasteiger partial charge < -0.3 is 29.6 Å². The second-order valence-electron chi connectivity index (χ2n) is 0.942. The molecule has 65 valence electrons. The van der Waals surface area contributed by atoms with Crippen LogP contribution in [0.1, 0.15) is 6.92 Å². The molecule has 1 radical (unpaired) electrons. The van der Waals surface area contributed by atoms with E-state index in [0.717, 1.165) is 0 Å².